The van der Waals surface area contributed by atoms with E-state index in [4.69, 9.17) is 16.3 Å². The zero-order valence-electron chi connectivity index (χ0n) is 21.9. The maximum atomic E-state index is 14.5. The van der Waals surface area contributed by atoms with Crippen molar-refractivity contribution in [2.75, 3.05) is 31.2 Å². The molecule has 6 atom stereocenters. The first kappa shape index (κ1) is 28.7. The van der Waals surface area contributed by atoms with Crippen LogP contribution in [0.1, 0.15) is 39.0 Å². The zero-order chi connectivity index (χ0) is 27.4. The molecule has 0 radical (unpaired) electrons. The average Bonchev–Trinajstić information content (AvgIpc) is 3.49. The van der Waals surface area contributed by atoms with Gasteiger partial charge in [0.15, 0.2) is 0 Å². The standard InChI is InChI=1S/C29H37ClN2O5S/c1-4-6-17-37-28(36)23-22-18-19(3)29(38-22)24(23)26(34)32(15-8-7-9-16-33)25(29)27(35)31(14-5-2)21-12-10-20(30)11-13-21/h4-5,10-13,19,22-25,33H,1-2,6-9,14-18H2,3H3/t19?,22-,23+,24+,25?,29?/m1/s1. The van der Waals surface area contributed by atoms with Crippen molar-refractivity contribution in [1.82, 2.24) is 4.90 Å². The summed E-state index contributed by atoms with van der Waals surface area (Å²) in [6.45, 7) is 10.6. The van der Waals surface area contributed by atoms with Crippen LogP contribution < -0.4 is 4.90 Å². The van der Waals surface area contributed by atoms with E-state index in [9.17, 15) is 19.5 Å². The van der Waals surface area contributed by atoms with Gasteiger partial charge in [0.2, 0.25) is 5.91 Å². The van der Waals surface area contributed by atoms with E-state index in [0.717, 1.165) is 12.8 Å². The number of ether oxygens (including phenoxy) is 1. The fourth-order valence-corrected chi connectivity index (χ4v) is 8.97. The molecule has 3 unspecified atom stereocenters. The highest BCUT2D eigenvalue weighted by molar-refractivity contribution is 8.02. The van der Waals surface area contributed by atoms with Crippen molar-refractivity contribution in [1.29, 1.82) is 0 Å². The van der Waals surface area contributed by atoms with Crippen LogP contribution in [0.15, 0.2) is 49.6 Å². The summed E-state index contributed by atoms with van der Waals surface area (Å²) in [5.41, 5.74) is 0.678. The minimum absolute atomic E-state index is 0.0644. The van der Waals surface area contributed by atoms with Crippen molar-refractivity contribution in [2.45, 2.75) is 55.1 Å². The second-order valence-corrected chi connectivity index (χ2v) is 12.3. The molecular weight excluding hydrogens is 524 g/mol. The predicted octanol–water partition coefficient (Wildman–Crippen LogP) is 4.48. The van der Waals surface area contributed by atoms with Crippen molar-refractivity contribution in [3.8, 4) is 0 Å². The Morgan fingerprint density at radius 2 is 1.97 bits per heavy atom. The van der Waals surface area contributed by atoms with Crippen molar-refractivity contribution >= 4 is 46.8 Å². The van der Waals surface area contributed by atoms with E-state index in [1.54, 1.807) is 58.0 Å². The second-order valence-electron chi connectivity index (χ2n) is 10.3. The molecule has 7 nitrogen and oxygen atoms in total. The Morgan fingerprint density at radius 3 is 2.63 bits per heavy atom. The minimum atomic E-state index is -0.722. The number of thioether (sulfide) groups is 1. The molecule has 1 aromatic carbocycles. The number of rotatable bonds is 13. The number of likely N-dealkylation sites (tertiary alicyclic amines) is 1. The Balaban J connectivity index is 1.73. The van der Waals surface area contributed by atoms with E-state index in [1.165, 1.54) is 0 Å². The Kier molecular flexibility index (Phi) is 9.27. The highest BCUT2D eigenvalue weighted by atomic mass is 35.5. The maximum absolute atomic E-state index is 14.5. The third-order valence-corrected chi connectivity index (χ3v) is 10.4. The van der Waals surface area contributed by atoms with Crippen molar-refractivity contribution in [2.24, 2.45) is 17.8 Å². The molecule has 2 bridgehead atoms. The van der Waals surface area contributed by atoms with Gasteiger partial charge in [-0.1, -0.05) is 30.7 Å². The highest BCUT2D eigenvalue weighted by Gasteiger charge is 2.76. The van der Waals surface area contributed by atoms with Gasteiger partial charge in [0.25, 0.3) is 5.91 Å². The summed E-state index contributed by atoms with van der Waals surface area (Å²) < 4.78 is 4.86. The summed E-state index contributed by atoms with van der Waals surface area (Å²) in [5.74, 6) is -1.80. The van der Waals surface area contributed by atoms with Crippen LogP contribution in [-0.2, 0) is 19.1 Å². The number of carbonyl (C=O) groups excluding carboxylic acids is 3. The number of amides is 2. The van der Waals surface area contributed by atoms with Crippen LogP contribution in [0.4, 0.5) is 5.69 Å². The van der Waals surface area contributed by atoms with Gasteiger partial charge in [-0.05, 0) is 62.3 Å². The molecule has 1 spiro atoms. The Morgan fingerprint density at radius 1 is 1.24 bits per heavy atom. The fourth-order valence-electron chi connectivity index (χ4n) is 6.44. The molecule has 3 aliphatic heterocycles. The van der Waals surface area contributed by atoms with Gasteiger partial charge < -0.3 is 19.6 Å². The topological polar surface area (TPSA) is 87.1 Å². The van der Waals surface area contributed by atoms with E-state index >= 15 is 0 Å². The summed E-state index contributed by atoms with van der Waals surface area (Å²) in [4.78, 5) is 45.3. The Hall–Kier alpha value is -2.29. The number of hydrogen-bond acceptors (Lipinski definition) is 6. The van der Waals surface area contributed by atoms with E-state index in [2.05, 4.69) is 20.1 Å². The number of esters is 1. The van der Waals surface area contributed by atoms with E-state index in [-0.39, 0.29) is 48.7 Å². The van der Waals surface area contributed by atoms with Crippen LogP contribution >= 0.6 is 23.4 Å². The Labute approximate surface area is 234 Å². The molecule has 3 saturated heterocycles. The maximum Gasteiger partial charge on any atom is 0.310 e. The number of fused-ring (bicyclic) bond motifs is 1. The summed E-state index contributed by atoms with van der Waals surface area (Å²) in [7, 11) is 0. The van der Waals surface area contributed by atoms with Crippen LogP contribution in [0.25, 0.3) is 0 Å². The van der Waals surface area contributed by atoms with Gasteiger partial charge in [0.05, 0.1) is 23.2 Å². The summed E-state index contributed by atoms with van der Waals surface area (Å²) in [6.07, 6.45) is 6.71. The van der Waals surface area contributed by atoms with Crippen LogP contribution in [-0.4, -0.2) is 70.1 Å². The number of halogens is 1. The summed E-state index contributed by atoms with van der Waals surface area (Å²) in [6, 6.07) is 6.34. The molecule has 206 valence electrons. The molecule has 3 fully saturated rings. The van der Waals surface area contributed by atoms with Crippen molar-refractivity contribution < 1.29 is 24.2 Å². The van der Waals surface area contributed by atoms with E-state index in [1.807, 2.05) is 0 Å². The minimum Gasteiger partial charge on any atom is -0.465 e. The Bertz CT molecular complexity index is 1070. The van der Waals surface area contributed by atoms with Crippen LogP contribution in [0, 0.1) is 17.8 Å². The van der Waals surface area contributed by atoms with E-state index in [0.29, 0.717) is 36.5 Å². The molecule has 1 N–H and O–H groups in total. The average molecular weight is 561 g/mol. The van der Waals surface area contributed by atoms with Gasteiger partial charge >= 0.3 is 5.97 Å². The number of aliphatic hydroxyl groups is 1. The number of benzene rings is 1. The first-order valence-corrected chi connectivity index (χ1v) is 14.6. The van der Waals surface area contributed by atoms with Gasteiger partial charge in [-0.25, -0.2) is 0 Å². The van der Waals surface area contributed by atoms with Gasteiger partial charge in [-0.2, -0.15) is 0 Å². The van der Waals surface area contributed by atoms with Gasteiger partial charge in [0.1, 0.15) is 6.04 Å². The third kappa shape index (κ3) is 5.03. The lowest BCUT2D eigenvalue weighted by Crippen LogP contribution is -2.57. The van der Waals surface area contributed by atoms with Crippen LogP contribution in [0.2, 0.25) is 5.02 Å². The van der Waals surface area contributed by atoms with Gasteiger partial charge in [-0.15, -0.1) is 24.9 Å². The molecule has 0 aromatic heterocycles. The largest absolute Gasteiger partial charge is 0.465 e. The molecule has 3 aliphatic rings. The normalized spacial score (nSPS) is 29.3. The lowest BCUT2D eigenvalue weighted by molar-refractivity contribution is -0.154. The van der Waals surface area contributed by atoms with Crippen LogP contribution in [0.3, 0.4) is 0 Å². The second kappa shape index (κ2) is 12.3. The summed E-state index contributed by atoms with van der Waals surface area (Å²) >= 11 is 7.75. The molecule has 2 amide bonds. The zero-order valence-corrected chi connectivity index (χ0v) is 23.5. The quantitative estimate of drug-likeness (QED) is 0.217. The highest BCUT2D eigenvalue weighted by Crippen LogP contribution is 2.68. The number of carbonyl (C=O) groups is 3. The lowest BCUT2D eigenvalue weighted by atomic mass is 9.66. The molecular formula is C29H37ClN2O5S. The predicted molar refractivity (Wildman–Crippen MR) is 151 cm³/mol. The molecule has 0 aliphatic carbocycles. The first-order chi connectivity index (χ1) is 18.3. The molecule has 0 saturated carbocycles. The monoisotopic (exact) mass is 560 g/mol. The first-order valence-electron chi connectivity index (χ1n) is 13.4. The van der Waals surface area contributed by atoms with Gasteiger partial charge in [0, 0.05) is 35.7 Å². The smallest absolute Gasteiger partial charge is 0.310 e. The molecule has 9 heteroatoms. The van der Waals surface area contributed by atoms with Gasteiger partial charge in [-0.3, -0.25) is 14.4 Å². The number of unbranched alkanes of at least 4 members (excludes halogenated alkanes) is 2. The fraction of sp³-hybridized carbons (Fsp3) is 0.552. The molecule has 38 heavy (non-hydrogen) atoms. The molecule has 3 heterocycles. The number of anilines is 1. The number of hydrogen-bond donors (Lipinski definition) is 1. The number of nitrogens with zero attached hydrogens (tertiary/aromatic N) is 2. The molecule has 1 aromatic rings. The van der Waals surface area contributed by atoms with Crippen molar-refractivity contribution in [3.63, 3.8) is 0 Å². The lowest BCUT2D eigenvalue weighted by Gasteiger charge is -2.40. The summed E-state index contributed by atoms with van der Waals surface area (Å²) in [5, 5.41) is 9.74. The number of aliphatic hydroxyl groups excluding tert-OH is 1. The third-order valence-electron chi connectivity index (χ3n) is 8.09. The molecule has 4 rings (SSSR count). The SMILES string of the molecule is C=CCCOC(=O)[C@@H]1[C@H]2C(=O)N(CCCCCO)C(C(=O)N(CC=C)c3ccc(Cl)cc3)C23S[C@@H]1CC3C. The van der Waals surface area contributed by atoms with E-state index < -0.39 is 22.6 Å². The van der Waals surface area contributed by atoms with Crippen LogP contribution in [0.5, 0.6) is 0 Å². The van der Waals surface area contributed by atoms with Crippen molar-refractivity contribution in [3.05, 3.63) is 54.6 Å².